The zero-order chi connectivity index (χ0) is 20.9. The number of nitrogens with one attached hydrogen (secondary N) is 1. The van der Waals surface area contributed by atoms with E-state index in [1.807, 2.05) is 18.2 Å². The topological polar surface area (TPSA) is 124 Å². The summed E-state index contributed by atoms with van der Waals surface area (Å²) in [5, 5.41) is 3.62. The number of aromatic nitrogens is 2. The molecule has 3 rings (SSSR count). The van der Waals surface area contributed by atoms with Crippen molar-refractivity contribution in [1.82, 2.24) is 15.3 Å². The third kappa shape index (κ3) is 5.77. The van der Waals surface area contributed by atoms with Gasteiger partial charge in [-0.05, 0) is 25.0 Å². The van der Waals surface area contributed by atoms with Crippen LogP contribution in [0.3, 0.4) is 0 Å². The van der Waals surface area contributed by atoms with Crippen LogP contribution in [0.15, 0.2) is 41.8 Å². The average Bonchev–Trinajstić information content (AvgIpc) is 3.20. The minimum Gasteiger partial charge on any atom is -0.438 e. The molecular formula is C20H24N4O4S. The van der Waals surface area contributed by atoms with Crippen molar-refractivity contribution in [3.63, 3.8) is 0 Å². The molecule has 1 aromatic carbocycles. The first-order valence-electron chi connectivity index (χ1n) is 9.38. The summed E-state index contributed by atoms with van der Waals surface area (Å²) in [6.07, 6.45) is 6.59. The number of carbonyl (C=O) groups is 1. The van der Waals surface area contributed by atoms with Gasteiger partial charge in [-0.1, -0.05) is 37.1 Å². The van der Waals surface area contributed by atoms with E-state index in [9.17, 15) is 13.2 Å². The van der Waals surface area contributed by atoms with Crippen LogP contribution in [0, 0.1) is 0 Å². The maximum Gasteiger partial charge on any atom is 0.260 e. The molecule has 2 aromatic rings. The van der Waals surface area contributed by atoms with Crippen LogP contribution in [0.1, 0.15) is 47.8 Å². The molecule has 1 aromatic heterocycles. The molecule has 0 radical (unpaired) electrons. The third-order valence-electron chi connectivity index (χ3n) is 4.55. The lowest BCUT2D eigenvalue weighted by atomic mass is 10.1. The largest absolute Gasteiger partial charge is 0.438 e. The minimum absolute atomic E-state index is 0.0144. The number of hydrogen-bond donors (Lipinski definition) is 2. The van der Waals surface area contributed by atoms with Gasteiger partial charge in [0.1, 0.15) is 23.0 Å². The molecule has 1 heterocycles. The Hall–Kier alpha value is -2.94. The number of anilines is 1. The van der Waals surface area contributed by atoms with Crippen LogP contribution < -0.4 is 15.8 Å². The van der Waals surface area contributed by atoms with E-state index in [0.717, 1.165) is 37.3 Å². The van der Waals surface area contributed by atoms with E-state index in [1.165, 1.54) is 6.08 Å². The van der Waals surface area contributed by atoms with Gasteiger partial charge in [-0.3, -0.25) is 4.79 Å². The van der Waals surface area contributed by atoms with Gasteiger partial charge in [0.15, 0.2) is 9.84 Å². The molecule has 0 unspecified atom stereocenters. The number of sulfone groups is 1. The van der Waals surface area contributed by atoms with Gasteiger partial charge < -0.3 is 15.8 Å². The Bertz CT molecular complexity index is 1000. The maximum absolute atomic E-state index is 12.7. The quantitative estimate of drug-likeness (QED) is 0.711. The van der Waals surface area contributed by atoms with Gasteiger partial charge in [-0.15, -0.1) is 0 Å². The lowest BCUT2D eigenvalue weighted by molar-refractivity contribution is 0.0955. The first kappa shape index (κ1) is 20.8. The predicted octanol–water partition coefficient (Wildman–Crippen LogP) is 2.80. The molecule has 154 valence electrons. The molecule has 8 nitrogen and oxygen atoms in total. The van der Waals surface area contributed by atoms with Gasteiger partial charge in [0.25, 0.3) is 5.91 Å². The van der Waals surface area contributed by atoms with Crippen LogP contribution in [0.5, 0.6) is 11.6 Å². The van der Waals surface area contributed by atoms with Crippen molar-refractivity contribution in [3.8, 4) is 11.6 Å². The fourth-order valence-corrected chi connectivity index (χ4v) is 3.64. The SMILES string of the molecule is CS(=O)(=O)/C=C/CNC(=O)c1c(N)nc(C2CCCC2)nc1Oc1ccccc1. The number of nitrogens with zero attached hydrogens (tertiary/aromatic N) is 2. The molecule has 0 saturated heterocycles. The van der Waals surface area contributed by atoms with Crippen molar-refractivity contribution in [1.29, 1.82) is 0 Å². The molecule has 0 aliphatic heterocycles. The standard InChI is InChI=1S/C20H24N4O4S/c1-29(26,27)13-7-12-22-19(25)16-17(21)23-18(14-8-5-6-9-14)24-20(16)28-15-10-3-2-4-11-15/h2-4,7,10-11,13-14H,5-6,8-9,12H2,1H3,(H,22,25)(H2,21,23,24)/b13-7+. The van der Waals surface area contributed by atoms with Crippen molar-refractivity contribution >= 4 is 21.6 Å². The number of nitrogen functional groups attached to an aromatic ring is 1. The summed E-state index contributed by atoms with van der Waals surface area (Å²) in [5.74, 6) is 0.899. The van der Waals surface area contributed by atoms with Gasteiger partial charge in [0.05, 0.1) is 0 Å². The molecule has 1 aliphatic carbocycles. The smallest absolute Gasteiger partial charge is 0.260 e. The Kier molecular flexibility index (Phi) is 6.48. The Labute approximate surface area is 170 Å². The summed E-state index contributed by atoms with van der Waals surface area (Å²) in [6.45, 7) is 0.0144. The summed E-state index contributed by atoms with van der Waals surface area (Å²) in [7, 11) is -3.26. The first-order valence-corrected chi connectivity index (χ1v) is 11.3. The lowest BCUT2D eigenvalue weighted by Crippen LogP contribution is -2.26. The van der Waals surface area contributed by atoms with Gasteiger partial charge in [-0.25, -0.2) is 13.4 Å². The van der Waals surface area contributed by atoms with E-state index in [1.54, 1.807) is 12.1 Å². The van der Waals surface area contributed by atoms with E-state index in [-0.39, 0.29) is 29.7 Å². The van der Waals surface area contributed by atoms with Crippen LogP contribution in [-0.4, -0.2) is 37.1 Å². The highest BCUT2D eigenvalue weighted by atomic mass is 32.2. The van der Waals surface area contributed by atoms with Crippen molar-refractivity contribution in [3.05, 3.63) is 53.2 Å². The Balaban J connectivity index is 1.89. The zero-order valence-corrected chi connectivity index (χ0v) is 17.0. The van der Waals surface area contributed by atoms with Crippen LogP contribution in [0.4, 0.5) is 5.82 Å². The van der Waals surface area contributed by atoms with E-state index in [4.69, 9.17) is 10.5 Å². The number of nitrogens with two attached hydrogens (primary N) is 1. The van der Waals surface area contributed by atoms with Crippen LogP contribution >= 0.6 is 0 Å². The molecule has 0 bridgehead atoms. The first-order chi connectivity index (χ1) is 13.8. The van der Waals surface area contributed by atoms with E-state index >= 15 is 0 Å². The van der Waals surface area contributed by atoms with Crippen molar-refractivity contribution in [2.45, 2.75) is 31.6 Å². The molecule has 1 saturated carbocycles. The van der Waals surface area contributed by atoms with Crippen LogP contribution in [0.25, 0.3) is 0 Å². The normalized spacial score (nSPS) is 14.9. The third-order valence-corrected chi connectivity index (χ3v) is 5.24. The molecule has 1 fully saturated rings. The maximum atomic E-state index is 12.7. The molecule has 0 spiro atoms. The van der Waals surface area contributed by atoms with Crippen molar-refractivity contribution in [2.24, 2.45) is 0 Å². The van der Waals surface area contributed by atoms with Crippen LogP contribution in [0.2, 0.25) is 0 Å². The molecule has 9 heteroatoms. The van der Waals surface area contributed by atoms with Crippen molar-refractivity contribution < 1.29 is 17.9 Å². The molecule has 0 atom stereocenters. The molecule has 1 amide bonds. The van der Waals surface area contributed by atoms with Crippen LogP contribution in [-0.2, 0) is 9.84 Å². The Morgan fingerprint density at radius 3 is 2.59 bits per heavy atom. The molecule has 3 N–H and O–H groups in total. The number of amides is 1. The summed E-state index contributed by atoms with van der Waals surface area (Å²) in [5.41, 5.74) is 6.14. The Morgan fingerprint density at radius 1 is 1.24 bits per heavy atom. The summed E-state index contributed by atoms with van der Waals surface area (Å²) in [4.78, 5) is 21.6. The zero-order valence-electron chi connectivity index (χ0n) is 16.2. The summed E-state index contributed by atoms with van der Waals surface area (Å²) >= 11 is 0. The summed E-state index contributed by atoms with van der Waals surface area (Å²) < 4.78 is 28.2. The number of carbonyl (C=O) groups excluding carboxylic acids is 1. The fourth-order valence-electron chi connectivity index (χ4n) is 3.19. The monoisotopic (exact) mass is 416 g/mol. The highest BCUT2D eigenvalue weighted by Crippen LogP contribution is 2.35. The number of hydrogen-bond acceptors (Lipinski definition) is 7. The highest BCUT2D eigenvalue weighted by molar-refractivity contribution is 7.93. The highest BCUT2D eigenvalue weighted by Gasteiger charge is 2.26. The molecular weight excluding hydrogens is 392 g/mol. The second-order valence-electron chi connectivity index (χ2n) is 6.96. The predicted molar refractivity (Wildman–Crippen MR) is 110 cm³/mol. The second kappa shape index (κ2) is 9.04. The molecule has 29 heavy (non-hydrogen) atoms. The minimum atomic E-state index is -3.26. The number of rotatable bonds is 7. The van der Waals surface area contributed by atoms with Gasteiger partial charge >= 0.3 is 0 Å². The van der Waals surface area contributed by atoms with E-state index in [2.05, 4.69) is 15.3 Å². The second-order valence-corrected chi connectivity index (χ2v) is 8.89. The average molecular weight is 417 g/mol. The summed E-state index contributed by atoms with van der Waals surface area (Å²) in [6, 6.07) is 8.99. The lowest BCUT2D eigenvalue weighted by Gasteiger charge is -2.15. The fraction of sp³-hybridized carbons (Fsp3) is 0.350. The van der Waals surface area contributed by atoms with Gasteiger partial charge in [0.2, 0.25) is 5.88 Å². The Morgan fingerprint density at radius 2 is 1.93 bits per heavy atom. The molecule has 1 aliphatic rings. The van der Waals surface area contributed by atoms with Gasteiger partial charge in [-0.2, -0.15) is 4.98 Å². The van der Waals surface area contributed by atoms with Crippen molar-refractivity contribution in [2.75, 3.05) is 18.5 Å². The number of ether oxygens (including phenoxy) is 1. The number of benzene rings is 1. The van der Waals surface area contributed by atoms with E-state index < -0.39 is 15.7 Å². The number of para-hydroxylation sites is 1. The van der Waals surface area contributed by atoms with Gasteiger partial charge in [0, 0.05) is 24.1 Å². The van der Waals surface area contributed by atoms with E-state index in [0.29, 0.717) is 11.6 Å².